The Kier molecular flexibility index (Phi) is 5.57. The van der Waals surface area contributed by atoms with E-state index in [1.165, 1.54) is 0 Å². The second-order valence-electron chi connectivity index (χ2n) is 6.76. The lowest BCUT2D eigenvalue weighted by molar-refractivity contribution is 0.0986. The fourth-order valence-electron chi connectivity index (χ4n) is 3.19. The highest BCUT2D eigenvalue weighted by Crippen LogP contribution is 2.31. The topological polar surface area (TPSA) is 60.2 Å². The van der Waals surface area contributed by atoms with Crippen molar-refractivity contribution in [1.82, 2.24) is 14.5 Å². The maximum atomic E-state index is 13.3. The number of imidazole rings is 1. The first-order valence-corrected chi connectivity index (χ1v) is 10.2. The van der Waals surface area contributed by atoms with Crippen LogP contribution in [0.15, 0.2) is 61.2 Å². The SMILES string of the molecule is COc1ccc(C(=O)N(CCCn2ccnc2)c2nc3c(C)cccc3s2)cc1. The Morgan fingerprint density at radius 1 is 1.21 bits per heavy atom. The number of carbonyl (C=O) groups excluding carboxylic acids is 1. The summed E-state index contributed by atoms with van der Waals surface area (Å²) in [5.74, 6) is 0.666. The molecule has 0 bridgehead atoms. The van der Waals surface area contributed by atoms with Gasteiger partial charge in [0.25, 0.3) is 5.91 Å². The summed E-state index contributed by atoms with van der Waals surface area (Å²) in [6.45, 7) is 3.40. The molecular weight excluding hydrogens is 384 g/mol. The van der Waals surface area contributed by atoms with E-state index in [1.54, 1.807) is 60.1 Å². The zero-order chi connectivity index (χ0) is 20.2. The van der Waals surface area contributed by atoms with Crippen LogP contribution in [-0.2, 0) is 6.54 Å². The number of amides is 1. The lowest BCUT2D eigenvalue weighted by Gasteiger charge is -2.20. The highest BCUT2D eigenvalue weighted by molar-refractivity contribution is 7.22. The number of aromatic nitrogens is 3. The summed E-state index contributed by atoms with van der Waals surface area (Å²) >= 11 is 1.55. The molecule has 0 atom stereocenters. The van der Waals surface area contributed by atoms with E-state index in [1.807, 2.05) is 35.9 Å². The Labute approximate surface area is 173 Å². The predicted octanol–water partition coefficient (Wildman–Crippen LogP) is 4.55. The van der Waals surface area contributed by atoms with Gasteiger partial charge in [-0.1, -0.05) is 23.5 Å². The lowest BCUT2D eigenvalue weighted by Crippen LogP contribution is -2.32. The number of carbonyl (C=O) groups is 1. The van der Waals surface area contributed by atoms with Crippen LogP contribution in [0.5, 0.6) is 5.75 Å². The van der Waals surface area contributed by atoms with Crippen molar-refractivity contribution in [3.8, 4) is 5.75 Å². The van der Waals surface area contributed by atoms with Crippen molar-refractivity contribution >= 4 is 32.6 Å². The van der Waals surface area contributed by atoms with E-state index in [4.69, 9.17) is 9.72 Å². The number of hydrogen-bond donors (Lipinski definition) is 0. The number of methoxy groups -OCH3 is 1. The van der Waals surface area contributed by atoms with Crippen LogP contribution in [0.4, 0.5) is 5.13 Å². The number of para-hydroxylation sites is 1. The van der Waals surface area contributed by atoms with Crippen LogP contribution in [0.2, 0.25) is 0 Å². The molecule has 29 heavy (non-hydrogen) atoms. The van der Waals surface area contributed by atoms with Crippen molar-refractivity contribution in [2.75, 3.05) is 18.6 Å². The third-order valence-corrected chi connectivity index (χ3v) is 5.82. The molecule has 148 valence electrons. The molecule has 0 saturated carbocycles. The number of ether oxygens (including phenoxy) is 1. The van der Waals surface area contributed by atoms with Crippen molar-refractivity contribution in [3.63, 3.8) is 0 Å². The van der Waals surface area contributed by atoms with Crippen LogP contribution < -0.4 is 9.64 Å². The molecule has 0 spiro atoms. The van der Waals surface area contributed by atoms with E-state index in [0.717, 1.165) is 39.6 Å². The van der Waals surface area contributed by atoms with Crippen LogP contribution in [0.3, 0.4) is 0 Å². The number of anilines is 1. The molecule has 0 radical (unpaired) electrons. The Bertz CT molecular complexity index is 1100. The molecule has 6 nitrogen and oxygen atoms in total. The number of nitrogens with zero attached hydrogens (tertiary/aromatic N) is 4. The average molecular weight is 407 g/mol. The molecule has 0 saturated heterocycles. The van der Waals surface area contributed by atoms with E-state index in [9.17, 15) is 4.79 Å². The van der Waals surface area contributed by atoms with Gasteiger partial charge in [0.2, 0.25) is 0 Å². The summed E-state index contributed by atoms with van der Waals surface area (Å²) in [6.07, 6.45) is 6.27. The molecule has 2 heterocycles. The number of thiazole rings is 1. The minimum absolute atomic E-state index is 0.0602. The molecule has 0 unspecified atom stereocenters. The zero-order valence-corrected chi connectivity index (χ0v) is 17.2. The first kappa shape index (κ1) is 19.1. The van der Waals surface area contributed by atoms with Gasteiger partial charge in [-0.2, -0.15) is 0 Å². The molecule has 4 aromatic rings. The van der Waals surface area contributed by atoms with E-state index in [0.29, 0.717) is 12.1 Å². The molecule has 0 aliphatic heterocycles. The third kappa shape index (κ3) is 4.14. The van der Waals surface area contributed by atoms with Crippen molar-refractivity contribution in [2.24, 2.45) is 0 Å². The summed E-state index contributed by atoms with van der Waals surface area (Å²) in [7, 11) is 1.61. The number of aryl methyl sites for hydroxylation is 2. The first-order valence-electron chi connectivity index (χ1n) is 9.43. The summed E-state index contributed by atoms with van der Waals surface area (Å²) in [4.78, 5) is 24.0. The second-order valence-corrected chi connectivity index (χ2v) is 7.77. The third-order valence-electron chi connectivity index (χ3n) is 4.78. The minimum Gasteiger partial charge on any atom is -0.497 e. The number of hydrogen-bond acceptors (Lipinski definition) is 5. The molecular formula is C22H22N4O2S. The monoisotopic (exact) mass is 406 g/mol. The molecule has 0 aliphatic carbocycles. The van der Waals surface area contributed by atoms with Gasteiger partial charge in [-0.3, -0.25) is 9.69 Å². The Morgan fingerprint density at radius 3 is 2.72 bits per heavy atom. The average Bonchev–Trinajstić information content (AvgIpc) is 3.41. The summed E-state index contributed by atoms with van der Waals surface area (Å²) in [6, 6.07) is 13.3. The van der Waals surface area contributed by atoms with Crippen molar-refractivity contribution in [3.05, 3.63) is 72.3 Å². The highest BCUT2D eigenvalue weighted by Gasteiger charge is 2.21. The summed E-state index contributed by atoms with van der Waals surface area (Å²) in [5, 5.41) is 0.723. The Hall–Kier alpha value is -3.19. The van der Waals surface area contributed by atoms with E-state index < -0.39 is 0 Å². The molecule has 1 amide bonds. The van der Waals surface area contributed by atoms with Crippen LogP contribution in [-0.4, -0.2) is 34.1 Å². The Balaban J connectivity index is 1.63. The van der Waals surface area contributed by atoms with Crippen LogP contribution in [0.1, 0.15) is 22.3 Å². The molecule has 2 aromatic carbocycles. The molecule has 7 heteroatoms. The van der Waals surface area contributed by atoms with Crippen LogP contribution in [0, 0.1) is 6.92 Å². The molecule has 0 N–H and O–H groups in total. The van der Waals surface area contributed by atoms with E-state index in [-0.39, 0.29) is 5.91 Å². The van der Waals surface area contributed by atoms with Crippen LogP contribution >= 0.6 is 11.3 Å². The quantitative estimate of drug-likeness (QED) is 0.452. The standard InChI is InChI=1S/C22H22N4O2S/c1-16-5-3-6-19-20(16)24-22(29-19)26(13-4-12-25-14-11-23-15-25)21(27)17-7-9-18(28-2)10-8-17/h3,5-11,14-15H,4,12-13H2,1-2H3. The van der Waals surface area contributed by atoms with Crippen molar-refractivity contribution in [1.29, 1.82) is 0 Å². The predicted molar refractivity (Wildman–Crippen MR) is 116 cm³/mol. The fourth-order valence-corrected chi connectivity index (χ4v) is 4.26. The van der Waals surface area contributed by atoms with Gasteiger partial charge >= 0.3 is 0 Å². The highest BCUT2D eigenvalue weighted by atomic mass is 32.1. The van der Waals surface area contributed by atoms with Gasteiger partial charge in [-0.15, -0.1) is 0 Å². The molecule has 0 fully saturated rings. The molecule has 0 aliphatic rings. The van der Waals surface area contributed by atoms with E-state index in [2.05, 4.69) is 4.98 Å². The fraction of sp³-hybridized carbons (Fsp3) is 0.227. The van der Waals surface area contributed by atoms with Gasteiger partial charge < -0.3 is 9.30 Å². The van der Waals surface area contributed by atoms with Gasteiger partial charge in [0.15, 0.2) is 5.13 Å². The summed E-state index contributed by atoms with van der Waals surface area (Å²) in [5.41, 5.74) is 2.68. The van der Waals surface area contributed by atoms with Gasteiger partial charge in [-0.25, -0.2) is 9.97 Å². The minimum atomic E-state index is -0.0602. The maximum Gasteiger partial charge on any atom is 0.260 e. The number of fused-ring (bicyclic) bond motifs is 1. The first-order chi connectivity index (χ1) is 14.2. The zero-order valence-electron chi connectivity index (χ0n) is 16.4. The van der Waals surface area contributed by atoms with Gasteiger partial charge in [0.1, 0.15) is 5.75 Å². The largest absolute Gasteiger partial charge is 0.497 e. The maximum absolute atomic E-state index is 13.3. The van der Waals surface area contributed by atoms with E-state index >= 15 is 0 Å². The normalized spacial score (nSPS) is 11.0. The number of rotatable bonds is 7. The molecule has 2 aromatic heterocycles. The second kappa shape index (κ2) is 8.45. The van der Waals surface area contributed by atoms with Crippen molar-refractivity contribution < 1.29 is 9.53 Å². The summed E-state index contributed by atoms with van der Waals surface area (Å²) < 4.78 is 8.31. The number of benzene rings is 2. The van der Waals surface area contributed by atoms with Gasteiger partial charge in [0, 0.05) is 31.0 Å². The smallest absolute Gasteiger partial charge is 0.260 e. The van der Waals surface area contributed by atoms with Crippen LogP contribution in [0.25, 0.3) is 10.2 Å². The van der Waals surface area contributed by atoms with Gasteiger partial charge in [0.05, 0.1) is 23.7 Å². The van der Waals surface area contributed by atoms with Crippen molar-refractivity contribution in [2.45, 2.75) is 19.9 Å². The lowest BCUT2D eigenvalue weighted by atomic mass is 10.2. The van der Waals surface area contributed by atoms with Gasteiger partial charge in [-0.05, 0) is 49.2 Å². The molecule has 4 rings (SSSR count). The Morgan fingerprint density at radius 2 is 2.03 bits per heavy atom.